The van der Waals surface area contributed by atoms with E-state index in [2.05, 4.69) is 27.2 Å². The predicted molar refractivity (Wildman–Crippen MR) is 56.1 cm³/mol. The zero-order chi connectivity index (χ0) is 8.81. The molecule has 0 aliphatic carbocycles. The summed E-state index contributed by atoms with van der Waals surface area (Å²) in [5.74, 6) is 2.58. The highest BCUT2D eigenvalue weighted by atomic mass is 79.9. The summed E-state index contributed by atoms with van der Waals surface area (Å²) in [6, 6.07) is 8.02. The molecule has 0 amide bonds. The van der Waals surface area contributed by atoms with Crippen LogP contribution < -0.4 is 5.32 Å². The molecule has 0 atom stereocenters. The number of halogens is 1. The second kappa shape index (κ2) is 4.84. The van der Waals surface area contributed by atoms with Gasteiger partial charge in [0.2, 0.25) is 0 Å². The lowest BCUT2D eigenvalue weighted by atomic mass is 10.3. The molecule has 0 unspecified atom stereocenters. The fourth-order valence-corrected chi connectivity index (χ4v) is 1.28. The van der Waals surface area contributed by atoms with Crippen LogP contribution >= 0.6 is 15.9 Å². The first-order valence-electron chi connectivity index (χ1n) is 3.76. The molecule has 62 valence electrons. The van der Waals surface area contributed by atoms with Crippen molar-refractivity contribution in [3.63, 3.8) is 0 Å². The molecule has 1 aromatic rings. The van der Waals surface area contributed by atoms with E-state index < -0.39 is 0 Å². The number of benzene rings is 1. The highest BCUT2D eigenvalue weighted by Gasteiger charge is 1.90. The monoisotopic (exact) mass is 223 g/mol. The molecule has 0 heterocycles. The Bertz CT molecular complexity index is 288. The molecular formula is C10H10BrN. The van der Waals surface area contributed by atoms with Gasteiger partial charge < -0.3 is 5.32 Å². The Morgan fingerprint density at radius 1 is 1.50 bits per heavy atom. The van der Waals surface area contributed by atoms with E-state index in [9.17, 15) is 0 Å². The van der Waals surface area contributed by atoms with Gasteiger partial charge in [0.05, 0.1) is 0 Å². The van der Waals surface area contributed by atoms with Crippen LogP contribution in [-0.4, -0.2) is 6.54 Å². The van der Waals surface area contributed by atoms with Crippen LogP contribution in [0.3, 0.4) is 0 Å². The van der Waals surface area contributed by atoms with Crippen molar-refractivity contribution in [1.29, 1.82) is 0 Å². The topological polar surface area (TPSA) is 12.0 Å². The second-order valence-electron chi connectivity index (χ2n) is 2.39. The summed E-state index contributed by atoms with van der Waals surface area (Å²) in [4.78, 5) is 0. The van der Waals surface area contributed by atoms with E-state index in [0.29, 0.717) is 0 Å². The molecule has 1 rings (SSSR count). The molecule has 1 nitrogen and oxygen atoms in total. The van der Waals surface area contributed by atoms with Crippen molar-refractivity contribution in [3.05, 3.63) is 28.7 Å². The zero-order valence-electron chi connectivity index (χ0n) is 6.68. The summed E-state index contributed by atoms with van der Waals surface area (Å²) in [7, 11) is 0. The molecule has 0 aliphatic heterocycles. The van der Waals surface area contributed by atoms with Crippen LogP contribution in [0.2, 0.25) is 0 Å². The number of rotatable bonds is 3. The van der Waals surface area contributed by atoms with Crippen LogP contribution in [0.15, 0.2) is 28.7 Å². The smallest absolute Gasteiger partial charge is 0.0351 e. The van der Waals surface area contributed by atoms with Gasteiger partial charge in [0.25, 0.3) is 0 Å². The van der Waals surface area contributed by atoms with E-state index in [0.717, 1.165) is 23.1 Å². The molecule has 12 heavy (non-hydrogen) atoms. The Morgan fingerprint density at radius 3 is 3.00 bits per heavy atom. The summed E-state index contributed by atoms with van der Waals surface area (Å²) in [6.45, 7) is 0.826. The van der Waals surface area contributed by atoms with E-state index in [1.165, 1.54) is 0 Å². The maximum atomic E-state index is 5.12. The SMILES string of the molecule is C#CCCNc1cccc(Br)c1. The van der Waals surface area contributed by atoms with Gasteiger partial charge in [-0.3, -0.25) is 0 Å². The summed E-state index contributed by atoms with van der Waals surface area (Å²) >= 11 is 3.39. The lowest BCUT2D eigenvalue weighted by Crippen LogP contribution is -1.99. The third-order valence-corrected chi connectivity index (χ3v) is 1.92. The Labute approximate surface area is 81.3 Å². The molecule has 0 radical (unpaired) electrons. The van der Waals surface area contributed by atoms with E-state index in [4.69, 9.17) is 6.42 Å². The van der Waals surface area contributed by atoms with Crippen molar-refractivity contribution in [2.75, 3.05) is 11.9 Å². The van der Waals surface area contributed by atoms with E-state index in [1.54, 1.807) is 0 Å². The third-order valence-electron chi connectivity index (χ3n) is 1.42. The highest BCUT2D eigenvalue weighted by molar-refractivity contribution is 9.10. The quantitative estimate of drug-likeness (QED) is 0.614. The minimum atomic E-state index is 0.756. The molecule has 2 heteroatoms. The van der Waals surface area contributed by atoms with Gasteiger partial charge in [-0.1, -0.05) is 22.0 Å². The van der Waals surface area contributed by atoms with Crippen LogP contribution in [0.25, 0.3) is 0 Å². The maximum absolute atomic E-state index is 5.12. The Kier molecular flexibility index (Phi) is 3.69. The first-order valence-corrected chi connectivity index (χ1v) is 4.55. The summed E-state index contributed by atoms with van der Waals surface area (Å²) < 4.78 is 1.08. The van der Waals surface area contributed by atoms with Crippen LogP contribution in [-0.2, 0) is 0 Å². The summed E-state index contributed by atoms with van der Waals surface area (Å²) in [5, 5.41) is 3.21. The van der Waals surface area contributed by atoms with Gasteiger partial charge >= 0.3 is 0 Å². The Hall–Kier alpha value is -0.940. The Morgan fingerprint density at radius 2 is 2.33 bits per heavy atom. The number of nitrogens with one attached hydrogen (secondary N) is 1. The van der Waals surface area contributed by atoms with Crippen molar-refractivity contribution < 1.29 is 0 Å². The van der Waals surface area contributed by atoms with Crippen molar-refractivity contribution in [3.8, 4) is 12.3 Å². The van der Waals surface area contributed by atoms with Crippen LogP contribution in [0.5, 0.6) is 0 Å². The Balaban J connectivity index is 2.48. The third kappa shape index (κ3) is 2.98. The maximum Gasteiger partial charge on any atom is 0.0351 e. The summed E-state index contributed by atoms with van der Waals surface area (Å²) in [5.41, 5.74) is 1.10. The van der Waals surface area contributed by atoms with Crippen molar-refractivity contribution >= 4 is 21.6 Å². The lowest BCUT2D eigenvalue weighted by Gasteiger charge is -2.03. The number of hydrogen-bond acceptors (Lipinski definition) is 1. The number of hydrogen-bond donors (Lipinski definition) is 1. The fourth-order valence-electron chi connectivity index (χ4n) is 0.877. The van der Waals surface area contributed by atoms with E-state index in [-0.39, 0.29) is 0 Å². The minimum Gasteiger partial charge on any atom is -0.384 e. The first-order chi connectivity index (χ1) is 5.83. The fraction of sp³-hybridized carbons (Fsp3) is 0.200. The molecule has 1 N–H and O–H groups in total. The van der Waals surface area contributed by atoms with Gasteiger partial charge in [0.1, 0.15) is 0 Å². The van der Waals surface area contributed by atoms with Crippen molar-refractivity contribution in [2.45, 2.75) is 6.42 Å². The van der Waals surface area contributed by atoms with Gasteiger partial charge in [-0.2, -0.15) is 0 Å². The molecule has 1 aromatic carbocycles. The summed E-state index contributed by atoms with van der Waals surface area (Å²) in [6.07, 6.45) is 5.88. The number of anilines is 1. The van der Waals surface area contributed by atoms with Gasteiger partial charge in [0, 0.05) is 23.1 Å². The minimum absolute atomic E-state index is 0.756. The van der Waals surface area contributed by atoms with Crippen molar-refractivity contribution in [2.24, 2.45) is 0 Å². The average Bonchev–Trinajstić information content (AvgIpc) is 2.05. The standard InChI is InChI=1S/C10H10BrN/c1-2-3-7-12-10-6-4-5-9(11)8-10/h1,4-6,8,12H,3,7H2. The first kappa shape index (κ1) is 9.15. The molecule has 0 saturated heterocycles. The van der Waals surface area contributed by atoms with Crippen LogP contribution in [0, 0.1) is 12.3 Å². The second-order valence-corrected chi connectivity index (χ2v) is 3.31. The molecule has 0 spiro atoms. The van der Waals surface area contributed by atoms with Gasteiger partial charge in [-0.15, -0.1) is 12.3 Å². The molecule has 0 fully saturated rings. The predicted octanol–water partition coefficient (Wildman–Crippen LogP) is 2.88. The van der Waals surface area contributed by atoms with E-state index in [1.807, 2.05) is 24.3 Å². The lowest BCUT2D eigenvalue weighted by molar-refractivity contribution is 1.10. The number of terminal acetylenes is 1. The van der Waals surface area contributed by atoms with Gasteiger partial charge in [-0.25, -0.2) is 0 Å². The molecule has 0 bridgehead atoms. The van der Waals surface area contributed by atoms with Gasteiger partial charge in [-0.05, 0) is 18.2 Å². The van der Waals surface area contributed by atoms with E-state index >= 15 is 0 Å². The van der Waals surface area contributed by atoms with Crippen LogP contribution in [0.4, 0.5) is 5.69 Å². The van der Waals surface area contributed by atoms with Gasteiger partial charge in [0.15, 0.2) is 0 Å². The average molecular weight is 224 g/mol. The van der Waals surface area contributed by atoms with Crippen LogP contribution in [0.1, 0.15) is 6.42 Å². The zero-order valence-corrected chi connectivity index (χ0v) is 8.26. The molecule has 0 aromatic heterocycles. The largest absolute Gasteiger partial charge is 0.384 e. The molecule has 0 saturated carbocycles. The van der Waals surface area contributed by atoms with Crippen molar-refractivity contribution in [1.82, 2.24) is 0 Å². The molecule has 0 aliphatic rings. The normalized spacial score (nSPS) is 9.00. The highest BCUT2D eigenvalue weighted by Crippen LogP contribution is 2.15. The molecular weight excluding hydrogens is 214 g/mol.